The van der Waals surface area contributed by atoms with Crippen molar-refractivity contribution in [2.75, 3.05) is 41.9 Å². The minimum Gasteiger partial charge on any atom is -0.475 e. The highest BCUT2D eigenvalue weighted by Crippen LogP contribution is 2.38. The lowest BCUT2D eigenvalue weighted by Crippen LogP contribution is -2.49. The van der Waals surface area contributed by atoms with Crippen molar-refractivity contribution < 1.29 is 19.1 Å². The highest BCUT2D eigenvalue weighted by atomic mass is 79.9. The van der Waals surface area contributed by atoms with Crippen molar-refractivity contribution in [3.8, 4) is 0 Å². The lowest BCUT2D eigenvalue weighted by molar-refractivity contribution is 0.0664. The maximum Gasteiger partial charge on any atom is 0.371 e. The SMILES string of the molecule is O=C(O)c1cc2ccc(SN(CCc3ccccc3)c3ccccc3N3CCN(C(=O)c4sccc4Br)CC3)cc2o1. The van der Waals surface area contributed by atoms with E-state index in [0.717, 1.165) is 57.1 Å². The Labute approximate surface area is 260 Å². The number of benzene rings is 3. The van der Waals surface area contributed by atoms with Gasteiger partial charge in [-0.05, 0) is 87.7 Å². The molecule has 0 aliphatic carbocycles. The van der Waals surface area contributed by atoms with Crippen LogP contribution in [0, 0.1) is 0 Å². The number of hydrogen-bond acceptors (Lipinski definition) is 7. The Kier molecular flexibility index (Phi) is 8.55. The first-order valence-corrected chi connectivity index (χ1v) is 16.0. The van der Waals surface area contributed by atoms with Gasteiger partial charge in [0.25, 0.3) is 5.91 Å². The summed E-state index contributed by atoms with van der Waals surface area (Å²) in [6, 6.07) is 28.1. The van der Waals surface area contributed by atoms with Crippen molar-refractivity contribution in [2.45, 2.75) is 11.3 Å². The Balaban J connectivity index is 1.25. The maximum absolute atomic E-state index is 13.1. The number of anilines is 2. The van der Waals surface area contributed by atoms with Crippen molar-refractivity contribution in [3.63, 3.8) is 0 Å². The summed E-state index contributed by atoms with van der Waals surface area (Å²) in [6.45, 7) is 3.52. The fourth-order valence-corrected chi connectivity index (χ4v) is 7.56. The zero-order chi connectivity index (χ0) is 29.1. The van der Waals surface area contributed by atoms with Crippen LogP contribution >= 0.6 is 39.2 Å². The number of hydrogen-bond donors (Lipinski definition) is 1. The molecule has 0 radical (unpaired) electrons. The lowest BCUT2D eigenvalue weighted by atomic mass is 10.1. The van der Waals surface area contributed by atoms with Gasteiger partial charge in [-0.3, -0.25) is 4.79 Å². The molecule has 5 aromatic rings. The van der Waals surface area contributed by atoms with Gasteiger partial charge in [0.1, 0.15) is 10.5 Å². The number of carbonyl (C=O) groups is 2. The molecule has 214 valence electrons. The second-order valence-corrected chi connectivity index (χ2v) is 12.8. The van der Waals surface area contributed by atoms with E-state index in [4.69, 9.17) is 4.42 Å². The van der Waals surface area contributed by atoms with Gasteiger partial charge in [-0.15, -0.1) is 11.3 Å². The molecule has 0 spiro atoms. The molecule has 1 amide bonds. The first-order chi connectivity index (χ1) is 20.5. The second kappa shape index (κ2) is 12.6. The predicted octanol–water partition coefficient (Wildman–Crippen LogP) is 7.67. The maximum atomic E-state index is 13.1. The number of piperazine rings is 1. The van der Waals surface area contributed by atoms with Crippen LogP contribution in [0.5, 0.6) is 0 Å². The molecule has 0 unspecified atom stereocenters. The quantitative estimate of drug-likeness (QED) is 0.162. The fourth-order valence-electron chi connectivity index (χ4n) is 5.07. The average molecular weight is 663 g/mol. The van der Waals surface area contributed by atoms with Gasteiger partial charge in [-0.1, -0.05) is 42.5 Å². The Morgan fingerprint density at radius 2 is 1.71 bits per heavy atom. The molecule has 1 fully saturated rings. The number of amides is 1. The summed E-state index contributed by atoms with van der Waals surface area (Å²) in [5, 5.41) is 12.0. The molecule has 1 N–H and O–H groups in total. The summed E-state index contributed by atoms with van der Waals surface area (Å²) in [5.41, 5.74) is 4.01. The van der Waals surface area contributed by atoms with Crippen molar-refractivity contribution in [1.82, 2.24) is 4.90 Å². The molecule has 0 bridgehead atoms. The monoisotopic (exact) mass is 661 g/mol. The highest BCUT2D eigenvalue weighted by molar-refractivity contribution is 9.10. The van der Waals surface area contributed by atoms with Crippen LogP contribution < -0.4 is 9.21 Å². The van der Waals surface area contributed by atoms with E-state index in [0.29, 0.717) is 18.7 Å². The number of nitrogens with zero attached hydrogens (tertiary/aromatic N) is 3. The molecule has 0 saturated carbocycles. The number of fused-ring (bicyclic) bond motifs is 1. The van der Waals surface area contributed by atoms with Crippen molar-refractivity contribution >= 4 is 73.4 Å². The molecular weight excluding hydrogens is 634 g/mol. The highest BCUT2D eigenvalue weighted by Gasteiger charge is 2.26. The number of carboxylic acids is 1. The Hall–Kier alpha value is -3.73. The van der Waals surface area contributed by atoms with E-state index in [2.05, 4.69) is 73.7 Å². The van der Waals surface area contributed by atoms with Crippen LogP contribution in [-0.2, 0) is 6.42 Å². The average Bonchev–Trinajstić information content (AvgIpc) is 3.65. The number of thiophene rings is 1. The lowest BCUT2D eigenvalue weighted by Gasteiger charge is -2.38. The molecule has 3 heterocycles. The van der Waals surface area contributed by atoms with E-state index in [1.807, 2.05) is 40.6 Å². The zero-order valence-electron chi connectivity index (χ0n) is 22.6. The van der Waals surface area contributed by atoms with E-state index in [1.165, 1.54) is 16.9 Å². The number of carboxylic acid groups (broad SMARTS) is 1. The number of furan rings is 1. The summed E-state index contributed by atoms with van der Waals surface area (Å²) in [7, 11) is 0. The summed E-state index contributed by atoms with van der Waals surface area (Å²) in [6.07, 6.45) is 0.853. The first kappa shape index (κ1) is 28.4. The molecule has 6 rings (SSSR count). The van der Waals surface area contributed by atoms with E-state index in [9.17, 15) is 14.7 Å². The van der Waals surface area contributed by atoms with Gasteiger partial charge in [-0.25, -0.2) is 4.79 Å². The van der Waals surface area contributed by atoms with Gasteiger partial charge in [0, 0.05) is 47.5 Å². The third-order valence-electron chi connectivity index (χ3n) is 7.23. The third kappa shape index (κ3) is 6.21. The molecule has 42 heavy (non-hydrogen) atoms. The molecular formula is C32H28BrN3O4S2. The fraction of sp³-hybridized carbons (Fsp3) is 0.188. The third-order valence-corrected chi connectivity index (χ3v) is 10.1. The molecule has 10 heteroatoms. The van der Waals surface area contributed by atoms with Crippen LogP contribution in [0.3, 0.4) is 0 Å². The largest absolute Gasteiger partial charge is 0.475 e. The van der Waals surface area contributed by atoms with E-state index >= 15 is 0 Å². The van der Waals surface area contributed by atoms with E-state index < -0.39 is 5.97 Å². The van der Waals surface area contributed by atoms with Crippen LogP contribution in [0.4, 0.5) is 11.4 Å². The van der Waals surface area contributed by atoms with E-state index in [1.54, 1.807) is 18.0 Å². The zero-order valence-corrected chi connectivity index (χ0v) is 25.8. The van der Waals surface area contributed by atoms with Crippen LogP contribution in [0.1, 0.15) is 25.8 Å². The summed E-state index contributed by atoms with van der Waals surface area (Å²) < 4.78 is 8.74. The summed E-state index contributed by atoms with van der Waals surface area (Å²) in [5.74, 6) is -1.07. The Bertz CT molecular complexity index is 1710. The number of rotatable bonds is 9. The van der Waals surface area contributed by atoms with Gasteiger partial charge < -0.3 is 23.6 Å². The van der Waals surface area contributed by atoms with Gasteiger partial charge in [0.05, 0.1) is 11.4 Å². The Morgan fingerprint density at radius 3 is 2.45 bits per heavy atom. The smallest absolute Gasteiger partial charge is 0.371 e. The molecule has 7 nitrogen and oxygen atoms in total. The number of aromatic carboxylic acids is 1. The molecule has 0 atom stereocenters. The molecule has 1 saturated heterocycles. The van der Waals surface area contributed by atoms with Crippen LogP contribution in [0.25, 0.3) is 11.0 Å². The number of carbonyl (C=O) groups excluding carboxylic acids is 1. The minimum atomic E-state index is -1.08. The summed E-state index contributed by atoms with van der Waals surface area (Å²) >= 11 is 6.57. The number of para-hydroxylation sites is 2. The van der Waals surface area contributed by atoms with Crippen molar-refractivity contribution in [3.05, 3.63) is 111 Å². The summed E-state index contributed by atoms with van der Waals surface area (Å²) in [4.78, 5) is 30.5. The first-order valence-electron chi connectivity index (χ1n) is 13.6. The van der Waals surface area contributed by atoms with Crippen molar-refractivity contribution in [2.24, 2.45) is 0 Å². The van der Waals surface area contributed by atoms with Gasteiger partial charge >= 0.3 is 5.97 Å². The normalized spacial score (nSPS) is 13.5. The van der Waals surface area contributed by atoms with Gasteiger partial charge in [-0.2, -0.15) is 0 Å². The molecule has 2 aromatic heterocycles. The van der Waals surface area contributed by atoms with Crippen LogP contribution in [0.2, 0.25) is 0 Å². The van der Waals surface area contributed by atoms with Gasteiger partial charge in [0.15, 0.2) is 0 Å². The van der Waals surface area contributed by atoms with Crippen LogP contribution in [-0.4, -0.2) is 54.6 Å². The standard InChI is InChI=1S/C32H28BrN3O4S2/c33-25-13-19-41-30(25)31(37)35-17-15-34(16-18-35)26-8-4-5-9-27(26)36(14-12-22-6-2-1-3-7-22)42-24-11-10-23-20-29(32(38)39)40-28(23)21-24/h1-11,13,19-21H,12,14-18H2,(H,38,39). The van der Waals surface area contributed by atoms with Gasteiger partial charge in [0.2, 0.25) is 5.76 Å². The molecule has 1 aliphatic rings. The second-order valence-electron chi connectivity index (χ2n) is 9.91. The molecule has 3 aromatic carbocycles. The topological polar surface area (TPSA) is 77.2 Å². The van der Waals surface area contributed by atoms with Crippen molar-refractivity contribution in [1.29, 1.82) is 0 Å². The predicted molar refractivity (Wildman–Crippen MR) is 173 cm³/mol. The minimum absolute atomic E-state index is 0.0671. The van der Waals surface area contributed by atoms with Crippen LogP contribution in [0.15, 0.2) is 104 Å². The Morgan fingerprint density at radius 1 is 0.952 bits per heavy atom. The van der Waals surface area contributed by atoms with E-state index in [-0.39, 0.29) is 11.7 Å². The molecule has 1 aliphatic heterocycles. The number of halogens is 1.